The Balaban J connectivity index is 1.82. The van der Waals surface area contributed by atoms with Gasteiger partial charge in [0.25, 0.3) is 0 Å². The molecule has 0 aliphatic carbocycles. The molecule has 2 aromatic rings. The maximum atomic E-state index is 4.35. The molecule has 0 amide bonds. The van der Waals surface area contributed by atoms with Crippen LogP contribution in [0.15, 0.2) is 24.4 Å². The largest absolute Gasteiger partial charge is 0.360 e. The van der Waals surface area contributed by atoms with Gasteiger partial charge < -0.3 is 10.3 Å². The standard InChI is InChI=1S/C12H16N4/c1-3-9(8-13-5-1)11-7-12(16-15-11)10-4-2-6-14-10/h2,4,6-7,9,13-14H,1,3,5,8H2,(H,15,16)/t9-/m0/s1. The van der Waals surface area contributed by atoms with Crippen LogP contribution in [0.1, 0.15) is 24.5 Å². The minimum atomic E-state index is 0.588. The molecule has 16 heavy (non-hydrogen) atoms. The first-order chi connectivity index (χ1) is 7.93. The fraction of sp³-hybridized carbons (Fsp3) is 0.417. The van der Waals surface area contributed by atoms with Crippen molar-refractivity contribution in [2.24, 2.45) is 0 Å². The van der Waals surface area contributed by atoms with Gasteiger partial charge in [-0.1, -0.05) is 0 Å². The third-order valence-corrected chi connectivity index (χ3v) is 3.21. The van der Waals surface area contributed by atoms with Gasteiger partial charge in [-0.2, -0.15) is 5.10 Å². The third kappa shape index (κ3) is 1.76. The lowest BCUT2D eigenvalue weighted by Crippen LogP contribution is -2.28. The van der Waals surface area contributed by atoms with Crippen molar-refractivity contribution in [1.29, 1.82) is 0 Å². The quantitative estimate of drug-likeness (QED) is 0.717. The first-order valence-corrected chi connectivity index (χ1v) is 5.83. The van der Waals surface area contributed by atoms with E-state index in [0.29, 0.717) is 5.92 Å². The summed E-state index contributed by atoms with van der Waals surface area (Å²) in [7, 11) is 0. The average Bonchev–Trinajstić information content (AvgIpc) is 3.01. The van der Waals surface area contributed by atoms with Crippen molar-refractivity contribution in [3.63, 3.8) is 0 Å². The van der Waals surface area contributed by atoms with Gasteiger partial charge in [-0.3, -0.25) is 5.10 Å². The molecular formula is C12H16N4. The number of piperidine rings is 1. The van der Waals surface area contributed by atoms with Gasteiger partial charge in [0.1, 0.15) is 5.69 Å². The Morgan fingerprint density at radius 1 is 1.38 bits per heavy atom. The van der Waals surface area contributed by atoms with Gasteiger partial charge >= 0.3 is 0 Å². The Labute approximate surface area is 94.5 Å². The van der Waals surface area contributed by atoms with E-state index in [4.69, 9.17) is 0 Å². The molecule has 1 aliphatic rings. The van der Waals surface area contributed by atoms with Crippen molar-refractivity contribution in [3.8, 4) is 11.4 Å². The van der Waals surface area contributed by atoms with Gasteiger partial charge in [-0.25, -0.2) is 0 Å². The van der Waals surface area contributed by atoms with Gasteiger partial charge in [0.05, 0.1) is 5.69 Å². The van der Waals surface area contributed by atoms with Crippen molar-refractivity contribution in [2.45, 2.75) is 18.8 Å². The van der Waals surface area contributed by atoms with Gasteiger partial charge in [-0.05, 0) is 37.6 Å². The zero-order valence-electron chi connectivity index (χ0n) is 9.16. The predicted molar refractivity (Wildman–Crippen MR) is 63.2 cm³/mol. The topological polar surface area (TPSA) is 56.5 Å². The first kappa shape index (κ1) is 9.66. The van der Waals surface area contributed by atoms with Crippen LogP contribution in [0.2, 0.25) is 0 Å². The first-order valence-electron chi connectivity index (χ1n) is 5.83. The fourth-order valence-corrected chi connectivity index (χ4v) is 2.29. The van der Waals surface area contributed by atoms with E-state index in [0.717, 1.165) is 24.5 Å². The van der Waals surface area contributed by atoms with E-state index in [1.54, 1.807) is 0 Å². The molecule has 0 aromatic carbocycles. The van der Waals surface area contributed by atoms with E-state index >= 15 is 0 Å². The van der Waals surface area contributed by atoms with Gasteiger partial charge in [0, 0.05) is 24.4 Å². The molecule has 1 fully saturated rings. The molecule has 0 radical (unpaired) electrons. The van der Waals surface area contributed by atoms with E-state index in [-0.39, 0.29) is 0 Å². The molecule has 3 rings (SSSR count). The predicted octanol–water partition coefficient (Wildman–Crippen LogP) is 1.87. The molecule has 0 spiro atoms. The van der Waals surface area contributed by atoms with E-state index in [1.807, 2.05) is 18.3 Å². The van der Waals surface area contributed by atoms with Crippen LogP contribution in [-0.4, -0.2) is 28.3 Å². The van der Waals surface area contributed by atoms with Crippen molar-refractivity contribution in [1.82, 2.24) is 20.5 Å². The molecule has 1 atom stereocenters. The number of hydrogen-bond acceptors (Lipinski definition) is 2. The zero-order chi connectivity index (χ0) is 10.8. The number of aromatic amines is 2. The lowest BCUT2D eigenvalue weighted by atomic mass is 9.96. The highest BCUT2D eigenvalue weighted by atomic mass is 15.1. The van der Waals surface area contributed by atoms with Crippen LogP contribution in [-0.2, 0) is 0 Å². The summed E-state index contributed by atoms with van der Waals surface area (Å²) in [6.45, 7) is 2.21. The van der Waals surface area contributed by atoms with Crippen LogP contribution < -0.4 is 5.32 Å². The van der Waals surface area contributed by atoms with Crippen molar-refractivity contribution in [2.75, 3.05) is 13.1 Å². The summed E-state index contributed by atoms with van der Waals surface area (Å²) in [4.78, 5) is 3.17. The molecule has 3 heterocycles. The summed E-state index contributed by atoms with van der Waals surface area (Å²) in [5.41, 5.74) is 3.33. The molecule has 1 saturated heterocycles. The Morgan fingerprint density at radius 3 is 3.12 bits per heavy atom. The molecule has 0 unspecified atom stereocenters. The fourth-order valence-electron chi connectivity index (χ4n) is 2.29. The molecular weight excluding hydrogens is 200 g/mol. The monoisotopic (exact) mass is 216 g/mol. The molecule has 0 saturated carbocycles. The Kier molecular flexibility index (Phi) is 2.50. The number of hydrogen-bond donors (Lipinski definition) is 3. The summed E-state index contributed by atoms with van der Waals surface area (Å²) in [5.74, 6) is 0.588. The van der Waals surface area contributed by atoms with E-state index in [2.05, 4.69) is 26.6 Å². The summed E-state index contributed by atoms with van der Waals surface area (Å²) in [6, 6.07) is 6.19. The highest BCUT2D eigenvalue weighted by molar-refractivity contribution is 5.54. The molecule has 4 nitrogen and oxygen atoms in total. The van der Waals surface area contributed by atoms with Crippen LogP contribution in [0.5, 0.6) is 0 Å². The molecule has 1 aliphatic heterocycles. The van der Waals surface area contributed by atoms with E-state index in [9.17, 15) is 0 Å². The van der Waals surface area contributed by atoms with Crippen molar-refractivity contribution < 1.29 is 0 Å². The van der Waals surface area contributed by atoms with Crippen LogP contribution in [0.4, 0.5) is 0 Å². The van der Waals surface area contributed by atoms with E-state index in [1.165, 1.54) is 18.5 Å². The van der Waals surface area contributed by atoms with Crippen LogP contribution >= 0.6 is 0 Å². The number of H-pyrrole nitrogens is 2. The van der Waals surface area contributed by atoms with Gasteiger partial charge in [0.2, 0.25) is 0 Å². The highest BCUT2D eigenvalue weighted by Crippen LogP contribution is 2.24. The smallest absolute Gasteiger partial charge is 0.109 e. The second kappa shape index (κ2) is 4.14. The molecule has 4 heteroatoms. The van der Waals surface area contributed by atoms with Crippen molar-refractivity contribution in [3.05, 3.63) is 30.1 Å². The Morgan fingerprint density at radius 2 is 2.38 bits per heavy atom. The molecule has 3 N–H and O–H groups in total. The minimum absolute atomic E-state index is 0.588. The third-order valence-electron chi connectivity index (χ3n) is 3.21. The summed E-state index contributed by atoms with van der Waals surface area (Å²) in [5, 5.41) is 10.9. The highest BCUT2D eigenvalue weighted by Gasteiger charge is 2.17. The number of nitrogens with zero attached hydrogens (tertiary/aromatic N) is 1. The number of aromatic nitrogens is 3. The normalized spacial score (nSPS) is 21.1. The number of nitrogens with one attached hydrogen (secondary N) is 3. The zero-order valence-corrected chi connectivity index (χ0v) is 9.16. The lowest BCUT2D eigenvalue weighted by molar-refractivity contribution is 0.454. The van der Waals surface area contributed by atoms with Gasteiger partial charge in [-0.15, -0.1) is 0 Å². The van der Waals surface area contributed by atoms with E-state index < -0.39 is 0 Å². The van der Waals surface area contributed by atoms with Crippen LogP contribution in [0.25, 0.3) is 11.4 Å². The summed E-state index contributed by atoms with van der Waals surface area (Å²) < 4.78 is 0. The lowest BCUT2D eigenvalue weighted by Gasteiger charge is -2.21. The average molecular weight is 216 g/mol. The SMILES string of the molecule is c1c[nH]c(-c2cc([C@H]3CCCNC3)[nH]n2)c1. The summed E-state index contributed by atoms with van der Waals surface area (Å²) in [6.07, 6.45) is 4.42. The Bertz CT molecular complexity index is 437. The van der Waals surface area contributed by atoms with Crippen LogP contribution in [0.3, 0.4) is 0 Å². The number of rotatable bonds is 2. The molecule has 2 aromatic heterocycles. The maximum absolute atomic E-state index is 4.35. The second-order valence-corrected chi connectivity index (χ2v) is 4.34. The Hall–Kier alpha value is -1.55. The second-order valence-electron chi connectivity index (χ2n) is 4.34. The minimum Gasteiger partial charge on any atom is -0.360 e. The summed E-state index contributed by atoms with van der Waals surface area (Å²) >= 11 is 0. The maximum Gasteiger partial charge on any atom is 0.109 e. The van der Waals surface area contributed by atoms with Gasteiger partial charge in [0.15, 0.2) is 0 Å². The molecule has 0 bridgehead atoms. The molecule has 84 valence electrons. The van der Waals surface area contributed by atoms with Crippen molar-refractivity contribution >= 4 is 0 Å². The van der Waals surface area contributed by atoms with Crippen LogP contribution in [0, 0.1) is 0 Å².